The summed E-state index contributed by atoms with van der Waals surface area (Å²) >= 11 is 0. The molecule has 0 aliphatic carbocycles. The smallest absolute Gasteiger partial charge is 0.0386 e. The molecule has 0 amide bonds. The van der Waals surface area contributed by atoms with Gasteiger partial charge in [0.2, 0.25) is 0 Å². The van der Waals surface area contributed by atoms with E-state index in [-0.39, 0.29) is 0 Å². The van der Waals surface area contributed by atoms with Crippen molar-refractivity contribution in [3.8, 4) is 0 Å². The Morgan fingerprint density at radius 2 is 1.40 bits per heavy atom. The van der Waals surface area contributed by atoms with E-state index in [0.29, 0.717) is 0 Å². The van der Waals surface area contributed by atoms with Crippen LogP contribution in [0.4, 0.5) is 0 Å². The monoisotopic (exact) mass is 141 g/mol. The summed E-state index contributed by atoms with van der Waals surface area (Å²) in [6, 6.07) is 0. The number of rotatable bonds is 7. The maximum absolute atomic E-state index is 2.44. The highest BCUT2D eigenvalue weighted by Gasteiger charge is 1.87. The second-order valence-corrected chi connectivity index (χ2v) is 2.93. The minimum atomic E-state index is 1.33. The zero-order chi connectivity index (χ0) is 7.66. The highest BCUT2D eigenvalue weighted by molar-refractivity contribution is 4.63. The molecular weight excluding hydrogens is 120 g/mol. The summed E-state index contributed by atoms with van der Waals surface area (Å²) in [4.78, 5) is 0. The lowest BCUT2D eigenvalue weighted by Crippen LogP contribution is -1.79. The fourth-order valence-electron chi connectivity index (χ4n) is 1.03. The van der Waals surface area contributed by atoms with Crippen LogP contribution in [0.5, 0.6) is 0 Å². The Kier molecular flexibility index (Phi) is 9.00. The highest BCUT2D eigenvalue weighted by atomic mass is 13.9. The molecule has 0 aliphatic heterocycles. The van der Waals surface area contributed by atoms with Crippen LogP contribution < -0.4 is 0 Å². The van der Waals surface area contributed by atoms with Crippen molar-refractivity contribution in [2.24, 2.45) is 0 Å². The van der Waals surface area contributed by atoms with E-state index in [2.05, 4.69) is 20.3 Å². The molecule has 0 aromatic heterocycles. The van der Waals surface area contributed by atoms with Crippen molar-refractivity contribution in [1.29, 1.82) is 0 Å². The summed E-state index contributed by atoms with van der Waals surface area (Å²) in [6.45, 7) is 4.51. The summed E-state index contributed by atoms with van der Waals surface area (Å²) in [7, 11) is 0. The molecule has 0 heteroatoms. The van der Waals surface area contributed by atoms with Crippen molar-refractivity contribution in [2.45, 2.75) is 58.8 Å². The van der Waals surface area contributed by atoms with Crippen LogP contribution in [-0.4, -0.2) is 0 Å². The predicted molar refractivity (Wildman–Crippen MR) is 48.0 cm³/mol. The van der Waals surface area contributed by atoms with Crippen molar-refractivity contribution in [3.05, 3.63) is 6.42 Å². The molecule has 0 fully saturated rings. The van der Waals surface area contributed by atoms with Crippen LogP contribution in [0, 0.1) is 6.42 Å². The standard InChI is InChI=1S/C10H21/c1-3-5-7-9-10-8-6-4-2/h9H,3-8,10H2,1-2H3. The molecule has 0 saturated carbocycles. The van der Waals surface area contributed by atoms with E-state index < -0.39 is 0 Å². The molecule has 0 N–H and O–H groups in total. The molecule has 0 heterocycles. The van der Waals surface area contributed by atoms with Gasteiger partial charge in [-0.25, -0.2) is 0 Å². The van der Waals surface area contributed by atoms with Gasteiger partial charge in [0.1, 0.15) is 0 Å². The average molecular weight is 141 g/mol. The number of hydrogen-bond donors (Lipinski definition) is 0. The Labute approximate surface area is 66.0 Å². The summed E-state index contributed by atoms with van der Waals surface area (Å²) in [5.41, 5.74) is 0. The minimum absolute atomic E-state index is 1.33. The fraction of sp³-hybridized carbons (Fsp3) is 0.900. The second-order valence-electron chi connectivity index (χ2n) is 2.93. The Morgan fingerprint density at radius 3 is 2.00 bits per heavy atom. The summed E-state index contributed by atoms with van der Waals surface area (Å²) in [5, 5.41) is 0. The first kappa shape index (κ1) is 10.0. The topological polar surface area (TPSA) is 0 Å². The van der Waals surface area contributed by atoms with Crippen LogP contribution in [0.2, 0.25) is 0 Å². The summed E-state index contributed by atoms with van der Waals surface area (Å²) < 4.78 is 0. The van der Waals surface area contributed by atoms with Crippen LogP contribution in [0.15, 0.2) is 0 Å². The molecule has 0 nitrogen and oxygen atoms in total. The Bertz CT molecular complexity index is 40.0. The van der Waals surface area contributed by atoms with E-state index in [1.165, 1.54) is 44.9 Å². The van der Waals surface area contributed by atoms with E-state index in [1.54, 1.807) is 0 Å². The van der Waals surface area contributed by atoms with Crippen LogP contribution in [0.1, 0.15) is 58.8 Å². The van der Waals surface area contributed by atoms with E-state index in [4.69, 9.17) is 0 Å². The molecule has 0 rings (SSSR count). The molecule has 0 aromatic carbocycles. The van der Waals surface area contributed by atoms with Gasteiger partial charge in [-0.15, -0.1) is 0 Å². The normalized spacial score (nSPS) is 10.2. The van der Waals surface area contributed by atoms with Gasteiger partial charge in [0.05, 0.1) is 0 Å². The Balaban J connectivity index is 2.65. The van der Waals surface area contributed by atoms with Crippen LogP contribution in [0.25, 0.3) is 0 Å². The van der Waals surface area contributed by atoms with Crippen LogP contribution in [-0.2, 0) is 0 Å². The van der Waals surface area contributed by atoms with E-state index in [1.807, 2.05) is 0 Å². The van der Waals surface area contributed by atoms with Crippen molar-refractivity contribution in [3.63, 3.8) is 0 Å². The zero-order valence-corrected chi connectivity index (χ0v) is 7.53. The van der Waals surface area contributed by atoms with Gasteiger partial charge in [0, 0.05) is 0 Å². The number of unbranched alkanes of at least 4 members (excludes halogenated alkanes) is 7. The first-order valence-electron chi connectivity index (χ1n) is 4.73. The van der Waals surface area contributed by atoms with Gasteiger partial charge in [-0.05, 0) is 6.42 Å². The van der Waals surface area contributed by atoms with Gasteiger partial charge in [0.15, 0.2) is 0 Å². The Hall–Kier alpha value is 0. The van der Waals surface area contributed by atoms with Crippen molar-refractivity contribution in [1.82, 2.24) is 0 Å². The molecule has 0 aliphatic rings. The fourth-order valence-corrected chi connectivity index (χ4v) is 1.03. The third-order valence-corrected chi connectivity index (χ3v) is 1.77. The average Bonchev–Trinajstić information content (AvgIpc) is 1.97. The van der Waals surface area contributed by atoms with Gasteiger partial charge >= 0.3 is 0 Å². The van der Waals surface area contributed by atoms with Crippen molar-refractivity contribution < 1.29 is 0 Å². The van der Waals surface area contributed by atoms with Gasteiger partial charge in [-0.3, -0.25) is 0 Å². The summed E-state index contributed by atoms with van der Waals surface area (Å²) in [5.74, 6) is 0. The molecule has 61 valence electrons. The molecule has 0 spiro atoms. The van der Waals surface area contributed by atoms with Crippen LogP contribution in [0.3, 0.4) is 0 Å². The lowest BCUT2D eigenvalue weighted by molar-refractivity contribution is 0.673. The second kappa shape index (κ2) is 9.00. The quantitative estimate of drug-likeness (QED) is 0.471. The first-order valence-corrected chi connectivity index (χ1v) is 4.73. The highest BCUT2D eigenvalue weighted by Crippen LogP contribution is 2.06. The number of hydrogen-bond acceptors (Lipinski definition) is 0. The van der Waals surface area contributed by atoms with Crippen molar-refractivity contribution >= 4 is 0 Å². The SMILES string of the molecule is CCCC[CH]CCCCC. The van der Waals surface area contributed by atoms with Gasteiger partial charge in [-0.1, -0.05) is 58.8 Å². The molecule has 0 aromatic rings. The van der Waals surface area contributed by atoms with Crippen LogP contribution >= 0.6 is 0 Å². The maximum Gasteiger partial charge on any atom is -0.0386 e. The van der Waals surface area contributed by atoms with E-state index in [0.717, 1.165) is 0 Å². The molecule has 0 unspecified atom stereocenters. The van der Waals surface area contributed by atoms with Gasteiger partial charge < -0.3 is 0 Å². The lowest BCUT2D eigenvalue weighted by atomic mass is 10.1. The Morgan fingerprint density at radius 1 is 0.800 bits per heavy atom. The van der Waals surface area contributed by atoms with E-state index >= 15 is 0 Å². The summed E-state index contributed by atoms with van der Waals surface area (Å²) in [6.07, 6.45) is 12.0. The van der Waals surface area contributed by atoms with Gasteiger partial charge in [-0.2, -0.15) is 0 Å². The minimum Gasteiger partial charge on any atom is -0.0654 e. The first-order chi connectivity index (χ1) is 4.91. The predicted octanol–water partition coefficient (Wildman–Crippen LogP) is 3.96. The maximum atomic E-state index is 2.44. The molecule has 0 saturated heterocycles. The van der Waals surface area contributed by atoms with Gasteiger partial charge in [0.25, 0.3) is 0 Å². The molecule has 10 heavy (non-hydrogen) atoms. The third-order valence-electron chi connectivity index (χ3n) is 1.77. The van der Waals surface area contributed by atoms with Crippen molar-refractivity contribution in [2.75, 3.05) is 0 Å². The third kappa shape index (κ3) is 8.00. The lowest BCUT2D eigenvalue weighted by Gasteiger charge is -1.97. The zero-order valence-electron chi connectivity index (χ0n) is 7.53. The molecule has 0 atom stereocenters. The molecular formula is C10H21. The molecule has 1 radical (unpaired) electrons. The van der Waals surface area contributed by atoms with E-state index in [9.17, 15) is 0 Å². The molecule has 0 bridgehead atoms. The largest absolute Gasteiger partial charge is 0.0654 e.